The molecule has 0 spiro atoms. The van der Waals surface area contributed by atoms with Gasteiger partial charge in [0.1, 0.15) is 5.76 Å². The number of rotatable bonds is 5. The van der Waals surface area contributed by atoms with E-state index < -0.39 is 11.7 Å². The van der Waals surface area contributed by atoms with Gasteiger partial charge in [0.25, 0.3) is 0 Å². The summed E-state index contributed by atoms with van der Waals surface area (Å²) in [6.45, 7) is 2.49. The van der Waals surface area contributed by atoms with E-state index in [1.807, 2.05) is 12.1 Å². The molecule has 4 nitrogen and oxygen atoms in total. The summed E-state index contributed by atoms with van der Waals surface area (Å²) in [6.07, 6.45) is -0.460. The van der Waals surface area contributed by atoms with Crippen LogP contribution >= 0.6 is 12.2 Å². The predicted molar refractivity (Wildman–Crippen MR) is 97.9 cm³/mol. The first-order chi connectivity index (χ1) is 12.4. The van der Waals surface area contributed by atoms with Crippen LogP contribution in [0.4, 0.5) is 18.9 Å². The van der Waals surface area contributed by atoms with Gasteiger partial charge in [0.2, 0.25) is 0 Å². The summed E-state index contributed by atoms with van der Waals surface area (Å²) in [5.74, 6) is 0.848. The molecule has 0 saturated carbocycles. The molecule has 1 atom stereocenters. The minimum absolute atomic E-state index is 0.0359. The largest absolute Gasteiger partial charge is 0.468 e. The minimum Gasteiger partial charge on any atom is -0.468 e. The Kier molecular flexibility index (Phi) is 5.83. The van der Waals surface area contributed by atoms with E-state index in [9.17, 15) is 13.2 Å². The Morgan fingerprint density at radius 2 is 1.96 bits per heavy atom. The van der Waals surface area contributed by atoms with Crippen molar-refractivity contribution in [1.82, 2.24) is 10.2 Å². The zero-order valence-corrected chi connectivity index (χ0v) is 14.9. The van der Waals surface area contributed by atoms with E-state index in [2.05, 4.69) is 15.5 Å². The highest BCUT2D eigenvalue weighted by Crippen LogP contribution is 2.30. The highest BCUT2D eigenvalue weighted by atomic mass is 32.1. The van der Waals surface area contributed by atoms with Gasteiger partial charge >= 0.3 is 6.18 Å². The second kappa shape index (κ2) is 8.09. The fourth-order valence-electron chi connectivity index (χ4n) is 3.08. The van der Waals surface area contributed by atoms with Gasteiger partial charge in [0.05, 0.1) is 17.9 Å². The summed E-state index contributed by atoms with van der Waals surface area (Å²) in [5, 5.41) is 6.19. The Morgan fingerprint density at radius 1 is 1.19 bits per heavy atom. The fraction of sp³-hybridized carbons (Fsp3) is 0.389. The van der Waals surface area contributed by atoms with Gasteiger partial charge in [-0.15, -0.1) is 0 Å². The number of thiocarbonyl (C=S) groups is 1. The smallest absolute Gasteiger partial charge is 0.416 e. The number of nitrogens with one attached hydrogen (secondary N) is 2. The third kappa shape index (κ3) is 4.76. The molecule has 26 heavy (non-hydrogen) atoms. The number of anilines is 1. The van der Waals surface area contributed by atoms with Gasteiger partial charge in [-0.2, -0.15) is 13.2 Å². The van der Waals surface area contributed by atoms with E-state index in [4.69, 9.17) is 16.6 Å². The molecule has 1 aliphatic rings. The van der Waals surface area contributed by atoms with E-state index >= 15 is 0 Å². The molecule has 0 bridgehead atoms. The van der Waals surface area contributed by atoms with Crippen molar-refractivity contribution in [1.29, 1.82) is 0 Å². The van der Waals surface area contributed by atoms with E-state index in [1.165, 1.54) is 6.07 Å². The molecule has 0 radical (unpaired) electrons. The average molecular weight is 383 g/mol. The molecule has 0 aliphatic carbocycles. The summed E-state index contributed by atoms with van der Waals surface area (Å²) in [5.41, 5.74) is -0.413. The first-order valence-electron chi connectivity index (χ1n) is 8.43. The van der Waals surface area contributed by atoms with Crippen molar-refractivity contribution in [2.24, 2.45) is 0 Å². The quantitative estimate of drug-likeness (QED) is 0.748. The van der Waals surface area contributed by atoms with E-state index in [1.54, 1.807) is 12.3 Å². The maximum Gasteiger partial charge on any atom is 0.416 e. The maximum atomic E-state index is 12.8. The second-order valence-corrected chi connectivity index (χ2v) is 6.60. The molecule has 3 rings (SSSR count). The Labute approximate surface area is 155 Å². The normalized spacial score (nSPS) is 16.4. The second-order valence-electron chi connectivity index (χ2n) is 6.19. The number of likely N-dealkylation sites (tertiary alicyclic amines) is 1. The van der Waals surface area contributed by atoms with Crippen LogP contribution < -0.4 is 10.6 Å². The van der Waals surface area contributed by atoms with Gasteiger partial charge < -0.3 is 15.1 Å². The molecular weight excluding hydrogens is 363 g/mol. The lowest BCUT2D eigenvalue weighted by Crippen LogP contribution is -2.38. The lowest BCUT2D eigenvalue weighted by atomic mass is 10.2. The SMILES string of the molecule is FC(F)(F)c1cccc(NC(=S)NC[C@@H](c2ccco2)N2CCCC2)c1. The Morgan fingerprint density at radius 3 is 2.62 bits per heavy atom. The topological polar surface area (TPSA) is 40.4 Å². The number of furan rings is 1. The first kappa shape index (κ1) is 18.7. The van der Waals surface area contributed by atoms with Gasteiger partial charge in [-0.05, 0) is 68.5 Å². The van der Waals surface area contributed by atoms with E-state index in [0.717, 1.165) is 43.8 Å². The molecule has 1 saturated heterocycles. The van der Waals surface area contributed by atoms with Crippen LogP contribution in [0.5, 0.6) is 0 Å². The van der Waals surface area contributed by atoms with Gasteiger partial charge in [-0.3, -0.25) is 4.90 Å². The van der Waals surface area contributed by atoms with Crippen LogP contribution in [0, 0.1) is 0 Å². The van der Waals surface area contributed by atoms with Crippen LogP contribution in [0.2, 0.25) is 0 Å². The van der Waals surface area contributed by atoms with Crippen LogP contribution in [-0.2, 0) is 6.18 Å². The Balaban J connectivity index is 1.60. The van der Waals surface area contributed by atoms with Crippen molar-refractivity contribution < 1.29 is 17.6 Å². The predicted octanol–water partition coefficient (Wildman–Crippen LogP) is 4.42. The monoisotopic (exact) mass is 383 g/mol. The summed E-state index contributed by atoms with van der Waals surface area (Å²) >= 11 is 5.24. The Hall–Kier alpha value is -2.06. The fourth-order valence-corrected chi connectivity index (χ4v) is 3.28. The molecule has 1 aliphatic heterocycles. The highest BCUT2D eigenvalue weighted by molar-refractivity contribution is 7.80. The number of benzene rings is 1. The first-order valence-corrected chi connectivity index (χ1v) is 8.84. The molecule has 0 unspecified atom stereocenters. The molecule has 1 fully saturated rings. The third-order valence-electron chi connectivity index (χ3n) is 4.36. The van der Waals surface area contributed by atoms with Crippen molar-refractivity contribution in [2.45, 2.75) is 25.1 Å². The summed E-state index contributed by atoms with van der Waals surface area (Å²) < 4.78 is 43.9. The third-order valence-corrected chi connectivity index (χ3v) is 4.60. The van der Waals surface area contributed by atoms with E-state index in [0.29, 0.717) is 12.2 Å². The van der Waals surface area contributed by atoms with Crippen molar-refractivity contribution in [3.63, 3.8) is 0 Å². The van der Waals surface area contributed by atoms with Crippen LogP contribution in [0.25, 0.3) is 0 Å². The van der Waals surface area contributed by atoms with Crippen LogP contribution in [0.15, 0.2) is 47.1 Å². The number of alkyl halides is 3. The molecule has 1 aromatic carbocycles. The minimum atomic E-state index is -4.38. The zero-order valence-electron chi connectivity index (χ0n) is 14.1. The van der Waals surface area contributed by atoms with Crippen molar-refractivity contribution in [2.75, 3.05) is 25.0 Å². The molecular formula is C18H20F3N3OS. The van der Waals surface area contributed by atoms with Crippen LogP contribution in [-0.4, -0.2) is 29.6 Å². The number of halogens is 3. The zero-order chi connectivity index (χ0) is 18.6. The molecule has 8 heteroatoms. The summed E-state index contributed by atoms with van der Waals surface area (Å²) in [7, 11) is 0. The van der Waals surface area contributed by atoms with Gasteiger partial charge in [0, 0.05) is 12.2 Å². The average Bonchev–Trinajstić information content (AvgIpc) is 3.28. The summed E-state index contributed by atoms with van der Waals surface area (Å²) in [4.78, 5) is 2.32. The van der Waals surface area contributed by atoms with Crippen molar-refractivity contribution in [3.05, 3.63) is 54.0 Å². The highest BCUT2D eigenvalue weighted by Gasteiger charge is 2.30. The van der Waals surface area contributed by atoms with Gasteiger partial charge in [0.15, 0.2) is 5.11 Å². The van der Waals surface area contributed by atoms with E-state index in [-0.39, 0.29) is 11.2 Å². The molecule has 2 heterocycles. The van der Waals surface area contributed by atoms with Crippen LogP contribution in [0.1, 0.15) is 30.2 Å². The van der Waals surface area contributed by atoms with Crippen molar-refractivity contribution >= 4 is 23.0 Å². The molecule has 0 amide bonds. The molecule has 2 aromatic rings. The standard InChI is InChI=1S/C18H20F3N3OS/c19-18(20,21)13-5-3-6-14(11-13)23-17(26)22-12-15(16-7-4-10-25-16)24-8-1-2-9-24/h3-7,10-11,15H,1-2,8-9,12H2,(H2,22,23,26)/t15-/m0/s1. The maximum absolute atomic E-state index is 12.8. The summed E-state index contributed by atoms with van der Waals surface area (Å²) in [6, 6.07) is 8.78. The van der Waals surface area contributed by atoms with Crippen LogP contribution in [0.3, 0.4) is 0 Å². The molecule has 1 aromatic heterocycles. The number of hydrogen-bond donors (Lipinski definition) is 2. The van der Waals surface area contributed by atoms with Gasteiger partial charge in [-0.1, -0.05) is 6.07 Å². The lowest BCUT2D eigenvalue weighted by molar-refractivity contribution is -0.137. The Bertz CT molecular complexity index is 728. The van der Waals surface area contributed by atoms with Gasteiger partial charge in [-0.25, -0.2) is 0 Å². The molecule has 2 N–H and O–H groups in total. The molecule has 140 valence electrons. The number of hydrogen-bond acceptors (Lipinski definition) is 3. The van der Waals surface area contributed by atoms with Crippen molar-refractivity contribution in [3.8, 4) is 0 Å². The lowest BCUT2D eigenvalue weighted by Gasteiger charge is -2.26. The number of nitrogens with zero attached hydrogens (tertiary/aromatic N) is 1.